The highest BCUT2D eigenvalue weighted by Gasteiger charge is 2.06. The summed E-state index contributed by atoms with van der Waals surface area (Å²) in [7, 11) is 0. The number of aromatic nitrogens is 1. The molecule has 0 aliphatic rings. The fourth-order valence-corrected chi connectivity index (χ4v) is 1.62. The molecule has 0 radical (unpaired) electrons. The van der Waals surface area contributed by atoms with E-state index in [0.29, 0.717) is 12.1 Å². The monoisotopic (exact) mass is 203 g/mol. The van der Waals surface area contributed by atoms with Crippen LogP contribution in [0.15, 0.2) is 46.1 Å². The van der Waals surface area contributed by atoms with Crippen molar-refractivity contribution in [1.29, 1.82) is 0 Å². The Morgan fingerprint density at radius 2 is 2.20 bits per heavy atom. The van der Waals surface area contributed by atoms with E-state index in [1.807, 2.05) is 24.3 Å². The van der Waals surface area contributed by atoms with Crippen LogP contribution >= 0.6 is 0 Å². The lowest BCUT2D eigenvalue weighted by atomic mass is 10.3. The largest absolute Gasteiger partial charge is 0.419 e. The Bertz CT molecular complexity index is 522. The van der Waals surface area contributed by atoms with E-state index in [-0.39, 0.29) is 5.76 Å². The average Bonchev–Trinajstić information content (AvgIpc) is 2.56. The first-order valence-corrected chi connectivity index (χ1v) is 5.02. The van der Waals surface area contributed by atoms with Gasteiger partial charge < -0.3 is 4.42 Å². The summed E-state index contributed by atoms with van der Waals surface area (Å²) in [5.74, 6) is -0.278. The van der Waals surface area contributed by atoms with Gasteiger partial charge >= 0.3 is 5.76 Å². The zero-order valence-electron chi connectivity index (χ0n) is 8.48. The van der Waals surface area contributed by atoms with Crippen molar-refractivity contribution in [3.05, 3.63) is 47.5 Å². The molecule has 1 aromatic heterocycles. The van der Waals surface area contributed by atoms with Crippen molar-refractivity contribution in [2.24, 2.45) is 0 Å². The highest BCUT2D eigenvalue weighted by molar-refractivity contribution is 5.72. The number of nitrogens with zero attached hydrogens (tertiary/aromatic N) is 1. The molecule has 15 heavy (non-hydrogen) atoms. The van der Waals surface area contributed by atoms with Crippen LogP contribution in [0.2, 0.25) is 0 Å². The van der Waals surface area contributed by atoms with Gasteiger partial charge in [-0.05, 0) is 25.0 Å². The lowest BCUT2D eigenvalue weighted by Gasteiger charge is -1.99. The fraction of sp³-hybridized carbons (Fsp3) is 0.250. The van der Waals surface area contributed by atoms with Crippen LogP contribution in [0.1, 0.15) is 12.8 Å². The predicted molar refractivity (Wildman–Crippen MR) is 59.9 cm³/mol. The van der Waals surface area contributed by atoms with Crippen LogP contribution in [-0.2, 0) is 6.54 Å². The second-order valence-electron chi connectivity index (χ2n) is 3.42. The van der Waals surface area contributed by atoms with E-state index < -0.39 is 0 Å². The van der Waals surface area contributed by atoms with Gasteiger partial charge in [0.25, 0.3) is 0 Å². The van der Waals surface area contributed by atoms with E-state index in [1.54, 1.807) is 10.6 Å². The third kappa shape index (κ3) is 1.86. The zero-order chi connectivity index (χ0) is 10.7. The van der Waals surface area contributed by atoms with Gasteiger partial charge in [-0.15, -0.1) is 6.58 Å². The quantitative estimate of drug-likeness (QED) is 0.565. The van der Waals surface area contributed by atoms with E-state index in [9.17, 15) is 4.79 Å². The van der Waals surface area contributed by atoms with Gasteiger partial charge in [0.15, 0.2) is 5.58 Å². The third-order valence-electron chi connectivity index (χ3n) is 2.36. The highest BCUT2D eigenvalue weighted by Crippen LogP contribution is 2.12. The van der Waals surface area contributed by atoms with Gasteiger partial charge in [-0.2, -0.15) is 0 Å². The molecule has 0 saturated carbocycles. The Hall–Kier alpha value is -1.77. The maximum Gasteiger partial charge on any atom is 0.419 e. The Kier molecular flexibility index (Phi) is 2.72. The molecule has 0 spiro atoms. The number of hydrogen-bond donors (Lipinski definition) is 0. The first-order valence-electron chi connectivity index (χ1n) is 5.02. The molecule has 1 heterocycles. The predicted octanol–water partition coefficient (Wildman–Crippen LogP) is 2.56. The summed E-state index contributed by atoms with van der Waals surface area (Å²) in [6.07, 6.45) is 3.67. The van der Waals surface area contributed by atoms with Crippen LogP contribution in [0.4, 0.5) is 0 Å². The van der Waals surface area contributed by atoms with Crippen molar-refractivity contribution in [2.75, 3.05) is 0 Å². The summed E-state index contributed by atoms with van der Waals surface area (Å²) in [4.78, 5) is 11.5. The second-order valence-corrected chi connectivity index (χ2v) is 3.42. The molecule has 1 aromatic carbocycles. The van der Waals surface area contributed by atoms with Crippen molar-refractivity contribution >= 4 is 11.1 Å². The number of fused-ring (bicyclic) bond motifs is 1. The third-order valence-corrected chi connectivity index (χ3v) is 2.36. The Morgan fingerprint density at radius 1 is 1.40 bits per heavy atom. The molecule has 0 unspecified atom stereocenters. The number of benzene rings is 1. The van der Waals surface area contributed by atoms with Gasteiger partial charge in [-0.1, -0.05) is 18.2 Å². The molecule has 0 bridgehead atoms. The zero-order valence-corrected chi connectivity index (χ0v) is 8.48. The molecule has 0 N–H and O–H groups in total. The van der Waals surface area contributed by atoms with E-state index in [4.69, 9.17) is 4.42 Å². The molecule has 0 amide bonds. The summed E-state index contributed by atoms with van der Waals surface area (Å²) >= 11 is 0. The standard InChI is InChI=1S/C12H13NO2/c1-2-3-6-9-13-10-7-4-5-8-11(10)15-12(13)14/h2,4-5,7-8H,1,3,6,9H2. The smallest absolute Gasteiger partial charge is 0.408 e. The van der Waals surface area contributed by atoms with Crippen molar-refractivity contribution in [1.82, 2.24) is 4.57 Å². The number of rotatable bonds is 4. The number of para-hydroxylation sites is 2. The summed E-state index contributed by atoms with van der Waals surface area (Å²) in [5.41, 5.74) is 1.52. The lowest BCUT2D eigenvalue weighted by molar-refractivity contribution is 0.498. The maximum absolute atomic E-state index is 11.5. The van der Waals surface area contributed by atoms with Gasteiger partial charge in [-0.25, -0.2) is 4.79 Å². The van der Waals surface area contributed by atoms with Crippen LogP contribution in [0.5, 0.6) is 0 Å². The SMILES string of the molecule is C=CCCCn1c(=O)oc2ccccc21. The maximum atomic E-state index is 11.5. The number of hydrogen-bond acceptors (Lipinski definition) is 2. The van der Waals surface area contributed by atoms with E-state index >= 15 is 0 Å². The van der Waals surface area contributed by atoms with Crippen molar-refractivity contribution in [3.63, 3.8) is 0 Å². The molecule has 0 saturated heterocycles. The fourth-order valence-electron chi connectivity index (χ4n) is 1.62. The molecule has 0 fully saturated rings. The molecule has 3 heteroatoms. The van der Waals surface area contributed by atoms with Crippen LogP contribution < -0.4 is 5.76 Å². The van der Waals surface area contributed by atoms with Crippen LogP contribution in [0.3, 0.4) is 0 Å². The molecular formula is C12H13NO2. The van der Waals surface area contributed by atoms with E-state index in [1.165, 1.54) is 0 Å². The normalized spacial score (nSPS) is 10.7. The summed E-state index contributed by atoms with van der Waals surface area (Å²) in [5, 5.41) is 0. The first kappa shape index (κ1) is 9.77. The number of unbranched alkanes of at least 4 members (excludes halogenated alkanes) is 1. The molecular weight excluding hydrogens is 190 g/mol. The van der Waals surface area contributed by atoms with Gasteiger partial charge in [-0.3, -0.25) is 4.57 Å². The number of oxazole rings is 1. The van der Waals surface area contributed by atoms with Gasteiger partial charge in [0.2, 0.25) is 0 Å². The summed E-state index contributed by atoms with van der Waals surface area (Å²) in [6, 6.07) is 7.47. The van der Waals surface area contributed by atoms with Crippen molar-refractivity contribution in [2.45, 2.75) is 19.4 Å². The van der Waals surface area contributed by atoms with Gasteiger partial charge in [0.05, 0.1) is 5.52 Å². The number of aryl methyl sites for hydroxylation is 1. The first-order chi connectivity index (χ1) is 7.33. The Labute approximate surface area is 87.6 Å². The minimum absolute atomic E-state index is 0.278. The van der Waals surface area contributed by atoms with E-state index in [2.05, 4.69) is 6.58 Å². The van der Waals surface area contributed by atoms with E-state index in [0.717, 1.165) is 18.4 Å². The molecule has 2 rings (SSSR count). The minimum Gasteiger partial charge on any atom is -0.408 e. The highest BCUT2D eigenvalue weighted by atomic mass is 16.4. The van der Waals surface area contributed by atoms with Gasteiger partial charge in [0.1, 0.15) is 0 Å². The number of allylic oxidation sites excluding steroid dienone is 1. The molecule has 0 aliphatic carbocycles. The van der Waals surface area contributed by atoms with Crippen molar-refractivity contribution in [3.8, 4) is 0 Å². The lowest BCUT2D eigenvalue weighted by Crippen LogP contribution is -2.13. The summed E-state index contributed by atoms with van der Waals surface area (Å²) < 4.78 is 6.78. The second kappa shape index (κ2) is 4.17. The molecule has 0 atom stereocenters. The molecule has 78 valence electrons. The molecule has 0 aliphatic heterocycles. The van der Waals surface area contributed by atoms with Crippen LogP contribution in [0, 0.1) is 0 Å². The summed E-state index contributed by atoms with van der Waals surface area (Å²) in [6.45, 7) is 4.34. The van der Waals surface area contributed by atoms with Gasteiger partial charge in [0, 0.05) is 6.54 Å². The topological polar surface area (TPSA) is 35.1 Å². The van der Waals surface area contributed by atoms with Crippen molar-refractivity contribution < 1.29 is 4.42 Å². The van der Waals surface area contributed by atoms with Crippen LogP contribution in [0.25, 0.3) is 11.1 Å². The van der Waals surface area contributed by atoms with Crippen LogP contribution in [-0.4, -0.2) is 4.57 Å². The minimum atomic E-state index is -0.278. The Morgan fingerprint density at radius 3 is 3.00 bits per heavy atom. The molecule has 3 nitrogen and oxygen atoms in total. The molecule has 2 aromatic rings. The average molecular weight is 203 g/mol. The Balaban J connectivity index is 2.36.